The number of benzene rings is 1. The Labute approximate surface area is 88.9 Å². The highest BCUT2D eigenvalue weighted by atomic mass is 16.4. The van der Waals surface area contributed by atoms with Gasteiger partial charge in [0, 0.05) is 6.04 Å². The van der Waals surface area contributed by atoms with E-state index in [0.717, 1.165) is 24.8 Å². The molecule has 3 N–H and O–H groups in total. The summed E-state index contributed by atoms with van der Waals surface area (Å²) in [6, 6.07) is 7.47. The molecule has 2 rings (SSSR count). The Hall–Kier alpha value is -1.35. The number of rotatable bonds is 2. The van der Waals surface area contributed by atoms with Crippen LogP contribution in [0.5, 0.6) is 0 Å². The highest BCUT2D eigenvalue weighted by molar-refractivity contribution is 5.89. The molecule has 80 valence electrons. The van der Waals surface area contributed by atoms with Gasteiger partial charge in [-0.2, -0.15) is 0 Å². The molecule has 3 heteroatoms. The van der Waals surface area contributed by atoms with Gasteiger partial charge in [0.15, 0.2) is 0 Å². The zero-order valence-electron chi connectivity index (χ0n) is 8.52. The molecule has 1 aliphatic carbocycles. The third-order valence-electron chi connectivity index (χ3n) is 3.10. The lowest BCUT2D eigenvalue weighted by molar-refractivity contribution is 0.0695. The lowest BCUT2D eigenvalue weighted by Crippen LogP contribution is -2.15. The van der Waals surface area contributed by atoms with Gasteiger partial charge >= 0.3 is 5.97 Å². The van der Waals surface area contributed by atoms with Crippen LogP contribution in [-0.2, 0) is 0 Å². The summed E-state index contributed by atoms with van der Waals surface area (Å²) in [5, 5.41) is 9.06. The van der Waals surface area contributed by atoms with Crippen LogP contribution >= 0.6 is 0 Å². The average molecular weight is 205 g/mol. The number of carbonyl (C=O) groups is 1. The van der Waals surface area contributed by atoms with E-state index in [1.54, 1.807) is 12.1 Å². The van der Waals surface area contributed by atoms with E-state index in [1.807, 2.05) is 12.1 Å². The minimum absolute atomic E-state index is 0.233. The van der Waals surface area contributed by atoms with Gasteiger partial charge in [0.05, 0.1) is 5.56 Å². The Bertz CT molecular complexity index is 376. The van der Waals surface area contributed by atoms with Crippen LogP contribution in [0.4, 0.5) is 0 Å². The lowest BCUT2D eigenvalue weighted by Gasteiger charge is -2.12. The Kier molecular flexibility index (Phi) is 2.73. The van der Waals surface area contributed by atoms with E-state index in [0.29, 0.717) is 11.5 Å². The predicted molar refractivity (Wildman–Crippen MR) is 58.0 cm³/mol. The molecule has 2 unspecified atom stereocenters. The minimum atomic E-state index is -0.842. The van der Waals surface area contributed by atoms with Crippen LogP contribution in [0.3, 0.4) is 0 Å². The first kappa shape index (κ1) is 10.2. The summed E-state index contributed by atoms with van der Waals surface area (Å²) in [5.41, 5.74) is 7.21. The maximum absolute atomic E-state index is 11.0. The molecule has 3 nitrogen and oxygen atoms in total. The van der Waals surface area contributed by atoms with Crippen molar-refractivity contribution in [1.82, 2.24) is 0 Å². The molecule has 0 heterocycles. The molecule has 1 fully saturated rings. The maximum Gasteiger partial charge on any atom is 0.335 e. The third kappa shape index (κ3) is 2.02. The number of carboxylic acids is 1. The van der Waals surface area contributed by atoms with Crippen molar-refractivity contribution >= 4 is 5.97 Å². The second-order valence-electron chi connectivity index (χ2n) is 4.16. The molecule has 1 saturated carbocycles. The summed E-state index contributed by atoms with van der Waals surface area (Å²) < 4.78 is 0. The van der Waals surface area contributed by atoms with E-state index < -0.39 is 5.97 Å². The van der Waals surface area contributed by atoms with E-state index in [4.69, 9.17) is 10.8 Å². The van der Waals surface area contributed by atoms with Crippen molar-refractivity contribution < 1.29 is 9.90 Å². The summed E-state index contributed by atoms with van der Waals surface area (Å²) in [6.07, 6.45) is 2.91. The third-order valence-corrected chi connectivity index (χ3v) is 3.10. The van der Waals surface area contributed by atoms with Gasteiger partial charge in [0.1, 0.15) is 0 Å². The molecule has 0 bridgehead atoms. The molecular formula is C12H15NO2. The van der Waals surface area contributed by atoms with Crippen molar-refractivity contribution in [1.29, 1.82) is 0 Å². The van der Waals surface area contributed by atoms with Crippen LogP contribution in [0.25, 0.3) is 0 Å². The van der Waals surface area contributed by atoms with E-state index >= 15 is 0 Å². The van der Waals surface area contributed by atoms with Gasteiger partial charge in [0.25, 0.3) is 0 Å². The first-order valence-electron chi connectivity index (χ1n) is 5.26. The van der Waals surface area contributed by atoms with Crippen molar-refractivity contribution in [2.45, 2.75) is 31.2 Å². The highest BCUT2D eigenvalue weighted by Gasteiger charge is 2.26. The largest absolute Gasteiger partial charge is 0.478 e. The standard InChI is InChI=1S/C12H15NO2/c13-9-6-5-8(7-9)10-3-1-2-4-11(10)12(14)15/h1-4,8-9H,5-7,13H2,(H,14,15). The Morgan fingerprint density at radius 2 is 2.07 bits per heavy atom. The van der Waals surface area contributed by atoms with Gasteiger partial charge in [-0.3, -0.25) is 0 Å². The first-order valence-corrected chi connectivity index (χ1v) is 5.26. The Balaban J connectivity index is 2.31. The monoisotopic (exact) mass is 205 g/mol. The quantitative estimate of drug-likeness (QED) is 0.776. The van der Waals surface area contributed by atoms with Crippen molar-refractivity contribution in [2.75, 3.05) is 0 Å². The molecule has 15 heavy (non-hydrogen) atoms. The molecule has 1 aromatic rings. The second-order valence-corrected chi connectivity index (χ2v) is 4.16. The molecule has 2 atom stereocenters. The molecule has 0 aliphatic heterocycles. The fourth-order valence-electron chi connectivity index (χ4n) is 2.35. The molecular weight excluding hydrogens is 190 g/mol. The van der Waals surface area contributed by atoms with E-state index in [-0.39, 0.29) is 6.04 Å². The maximum atomic E-state index is 11.0. The number of hydrogen-bond acceptors (Lipinski definition) is 2. The number of carboxylic acid groups (broad SMARTS) is 1. The van der Waals surface area contributed by atoms with Gasteiger partial charge in [0.2, 0.25) is 0 Å². The summed E-state index contributed by atoms with van der Waals surface area (Å²) in [4.78, 5) is 11.0. The van der Waals surface area contributed by atoms with Crippen LogP contribution in [0, 0.1) is 0 Å². The summed E-state index contributed by atoms with van der Waals surface area (Å²) in [6.45, 7) is 0. The van der Waals surface area contributed by atoms with Crippen LogP contribution < -0.4 is 5.73 Å². The Morgan fingerprint density at radius 1 is 1.33 bits per heavy atom. The predicted octanol–water partition coefficient (Wildman–Crippen LogP) is 1.98. The van der Waals surface area contributed by atoms with Gasteiger partial charge in [-0.05, 0) is 36.8 Å². The van der Waals surface area contributed by atoms with Crippen molar-refractivity contribution in [2.24, 2.45) is 5.73 Å². The average Bonchev–Trinajstić information content (AvgIpc) is 2.65. The van der Waals surface area contributed by atoms with Gasteiger partial charge in [-0.1, -0.05) is 18.2 Å². The van der Waals surface area contributed by atoms with E-state index in [1.165, 1.54) is 0 Å². The van der Waals surface area contributed by atoms with Gasteiger partial charge in [-0.25, -0.2) is 4.79 Å². The smallest absolute Gasteiger partial charge is 0.335 e. The minimum Gasteiger partial charge on any atom is -0.478 e. The zero-order chi connectivity index (χ0) is 10.8. The first-order chi connectivity index (χ1) is 7.18. The fraction of sp³-hybridized carbons (Fsp3) is 0.417. The Morgan fingerprint density at radius 3 is 2.67 bits per heavy atom. The molecule has 0 saturated heterocycles. The number of nitrogens with two attached hydrogens (primary N) is 1. The fourth-order valence-corrected chi connectivity index (χ4v) is 2.35. The van der Waals surface area contributed by atoms with Crippen LogP contribution in [0.2, 0.25) is 0 Å². The normalized spacial score (nSPS) is 25.4. The van der Waals surface area contributed by atoms with Crippen molar-refractivity contribution in [3.8, 4) is 0 Å². The number of aromatic carboxylic acids is 1. The highest BCUT2D eigenvalue weighted by Crippen LogP contribution is 2.35. The zero-order valence-corrected chi connectivity index (χ0v) is 8.52. The van der Waals surface area contributed by atoms with Crippen molar-refractivity contribution in [3.63, 3.8) is 0 Å². The summed E-state index contributed by atoms with van der Waals surface area (Å²) in [7, 11) is 0. The van der Waals surface area contributed by atoms with Crippen LogP contribution in [0.1, 0.15) is 41.1 Å². The molecule has 0 radical (unpaired) electrons. The van der Waals surface area contributed by atoms with Crippen molar-refractivity contribution in [3.05, 3.63) is 35.4 Å². The molecule has 1 aliphatic rings. The van der Waals surface area contributed by atoms with Gasteiger partial charge in [-0.15, -0.1) is 0 Å². The van der Waals surface area contributed by atoms with E-state index in [2.05, 4.69) is 0 Å². The molecule has 1 aromatic carbocycles. The van der Waals surface area contributed by atoms with Crippen LogP contribution in [-0.4, -0.2) is 17.1 Å². The molecule has 0 amide bonds. The SMILES string of the molecule is NC1CCC(c2ccccc2C(=O)O)C1. The second kappa shape index (κ2) is 4.03. The molecule has 0 aromatic heterocycles. The number of hydrogen-bond donors (Lipinski definition) is 2. The summed E-state index contributed by atoms with van der Waals surface area (Å²) >= 11 is 0. The molecule has 0 spiro atoms. The summed E-state index contributed by atoms with van der Waals surface area (Å²) in [5.74, 6) is -0.515. The lowest BCUT2D eigenvalue weighted by atomic mass is 9.93. The van der Waals surface area contributed by atoms with Crippen LogP contribution in [0.15, 0.2) is 24.3 Å². The van der Waals surface area contributed by atoms with E-state index in [9.17, 15) is 4.79 Å². The van der Waals surface area contributed by atoms with Gasteiger partial charge < -0.3 is 10.8 Å². The topological polar surface area (TPSA) is 63.3 Å².